The quantitative estimate of drug-likeness (QED) is 0.729. The number of ether oxygens (including phenoxy) is 1. The Morgan fingerprint density at radius 2 is 2.10 bits per heavy atom. The minimum Gasteiger partial charge on any atom is -0.467 e. The first kappa shape index (κ1) is 16.6. The second kappa shape index (κ2) is 7.97. The SMILES string of the molecule is CCN(CC)CCNC(C)(C(=O)OC)c1ccccn1. The Labute approximate surface area is 121 Å². The van der Waals surface area contributed by atoms with Crippen LogP contribution in [0.2, 0.25) is 0 Å². The zero-order chi connectivity index (χ0) is 15.0. The lowest BCUT2D eigenvalue weighted by Crippen LogP contribution is -2.50. The van der Waals surface area contributed by atoms with E-state index in [2.05, 4.69) is 29.0 Å². The van der Waals surface area contributed by atoms with Crippen LogP contribution in [0.3, 0.4) is 0 Å². The van der Waals surface area contributed by atoms with Gasteiger partial charge in [-0.1, -0.05) is 19.9 Å². The van der Waals surface area contributed by atoms with Gasteiger partial charge in [0.1, 0.15) is 0 Å². The topological polar surface area (TPSA) is 54.5 Å². The van der Waals surface area contributed by atoms with E-state index >= 15 is 0 Å². The van der Waals surface area contributed by atoms with Crippen LogP contribution < -0.4 is 5.32 Å². The molecule has 112 valence electrons. The van der Waals surface area contributed by atoms with E-state index < -0.39 is 5.54 Å². The van der Waals surface area contributed by atoms with Crippen LogP contribution in [-0.2, 0) is 15.1 Å². The second-order valence-electron chi connectivity index (χ2n) is 4.79. The van der Waals surface area contributed by atoms with E-state index in [0.29, 0.717) is 12.2 Å². The molecule has 20 heavy (non-hydrogen) atoms. The van der Waals surface area contributed by atoms with Gasteiger partial charge < -0.3 is 9.64 Å². The van der Waals surface area contributed by atoms with Crippen molar-refractivity contribution in [2.45, 2.75) is 26.3 Å². The molecule has 0 aliphatic rings. The summed E-state index contributed by atoms with van der Waals surface area (Å²) in [6, 6.07) is 5.54. The summed E-state index contributed by atoms with van der Waals surface area (Å²) in [5.74, 6) is -0.323. The van der Waals surface area contributed by atoms with E-state index in [1.807, 2.05) is 25.1 Å². The number of methoxy groups -OCH3 is 1. The van der Waals surface area contributed by atoms with Gasteiger partial charge >= 0.3 is 5.97 Å². The van der Waals surface area contributed by atoms with Gasteiger partial charge in [0.05, 0.1) is 12.8 Å². The second-order valence-corrected chi connectivity index (χ2v) is 4.79. The maximum Gasteiger partial charge on any atom is 0.332 e. The Kier molecular flexibility index (Phi) is 6.61. The zero-order valence-corrected chi connectivity index (χ0v) is 12.8. The van der Waals surface area contributed by atoms with Gasteiger partial charge in [-0.25, -0.2) is 4.79 Å². The molecule has 1 aromatic heterocycles. The highest BCUT2D eigenvalue weighted by atomic mass is 16.5. The van der Waals surface area contributed by atoms with Crippen LogP contribution in [0.25, 0.3) is 0 Å². The Bertz CT molecular complexity index is 407. The summed E-state index contributed by atoms with van der Waals surface area (Å²) in [6.45, 7) is 9.64. The third-order valence-electron chi connectivity index (χ3n) is 3.57. The normalized spacial score (nSPS) is 14.1. The number of carbonyl (C=O) groups is 1. The lowest BCUT2D eigenvalue weighted by Gasteiger charge is -2.29. The molecule has 0 saturated heterocycles. The van der Waals surface area contributed by atoms with Gasteiger partial charge in [0.2, 0.25) is 0 Å². The van der Waals surface area contributed by atoms with Gasteiger partial charge in [-0.15, -0.1) is 0 Å². The van der Waals surface area contributed by atoms with E-state index in [-0.39, 0.29) is 5.97 Å². The standard InChI is InChI=1S/C15H25N3O2/c1-5-18(6-2)12-11-17-15(3,14(19)20-4)13-9-7-8-10-16-13/h7-10,17H,5-6,11-12H2,1-4H3. The van der Waals surface area contributed by atoms with Crippen LogP contribution in [0.5, 0.6) is 0 Å². The molecule has 5 heteroatoms. The Balaban J connectivity index is 2.78. The number of likely N-dealkylation sites (N-methyl/N-ethyl adjacent to an activating group) is 1. The van der Waals surface area contributed by atoms with E-state index in [9.17, 15) is 4.79 Å². The molecule has 0 bridgehead atoms. The first-order valence-electron chi connectivity index (χ1n) is 7.05. The van der Waals surface area contributed by atoms with Crippen molar-refractivity contribution < 1.29 is 9.53 Å². The number of aromatic nitrogens is 1. The van der Waals surface area contributed by atoms with E-state index in [1.54, 1.807) is 6.20 Å². The van der Waals surface area contributed by atoms with Crippen LogP contribution in [0.15, 0.2) is 24.4 Å². The van der Waals surface area contributed by atoms with Crippen molar-refractivity contribution in [3.63, 3.8) is 0 Å². The number of hydrogen-bond donors (Lipinski definition) is 1. The molecule has 1 N–H and O–H groups in total. The van der Waals surface area contributed by atoms with Gasteiger partial charge in [0, 0.05) is 19.3 Å². The van der Waals surface area contributed by atoms with Crippen molar-refractivity contribution in [3.8, 4) is 0 Å². The molecule has 1 rings (SSSR count). The highest BCUT2D eigenvalue weighted by molar-refractivity contribution is 5.81. The number of pyridine rings is 1. The van der Waals surface area contributed by atoms with Gasteiger partial charge in [-0.05, 0) is 32.1 Å². The van der Waals surface area contributed by atoms with Gasteiger partial charge in [0.25, 0.3) is 0 Å². The molecule has 0 spiro atoms. The van der Waals surface area contributed by atoms with Gasteiger partial charge in [0.15, 0.2) is 5.54 Å². The molecule has 1 unspecified atom stereocenters. The summed E-state index contributed by atoms with van der Waals surface area (Å²) in [7, 11) is 1.40. The minimum atomic E-state index is -0.914. The summed E-state index contributed by atoms with van der Waals surface area (Å²) >= 11 is 0. The van der Waals surface area contributed by atoms with Crippen molar-refractivity contribution >= 4 is 5.97 Å². The largest absolute Gasteiger partial charge is 0.467 e. The van der Waals surface area contributed by atoms with Gasteiger partial charge in [-0.2, -0.15) is 0 Å². The Morgan fingerprint density at radius 1 is 1.40 bits per heavy atom. The summed E-state index contributed by atoms with van der Waals surface area (Å²) in [4.78, 5) is 18.7. The molecule has 0 aliphatic heterocycles. The van der Waals surface area contributed by atoms with Crippen molar-refractivity contribution in [2.75, 3.05) is 33.3 Å². The maximum atomic E-state index is 12.1. The fourth-order valence-corrected chi connectivity index (χ4v) is 2.13. The maximum absolute atomic E-state index is 12.1. The molecule has 0 aliphatic carbocycles. The molecule has 0 radical (unpaired) electrons. The first-order valence-corrected chi connectivity index (χ1v) is 7.05. The molecule has 0 saturated carbocycles. The number of carbonyl (C=O) groups excluding carboxylic acids is 1. The van der Waals surface area contributed by atoms with Gasteiger partial charge in [-0.3, -0.25) is 10.3 Å². The van der Waals surface area contributed by atoms with E-state index in [0.717, 1.165) is 19.6 Å². The van der Waals surface area contributed by atoms with Crippen LogP contribution in [-0.4, -0.2) is 49.1 Å². The summed E-state index contributed by atoms with van der Waals surface area (Å²) in [5.41, 5.74) is -0.241. The highest BCUT2D eigenvalue weighted by Crippen LogP contribution is 2.19. The number of nitrogens with one attached hydrogen (secondary N) is 1. The number of esters is 1. The Hall–Kier alpha value is -1.46. The summed E-state index contributed by atoms with van der Waals surface area (Å²) in [5, 5.41) is 3.28. The Morgan fingerprint density at radius 3 is 2.60 bits per heavy atom. The average Bonchev–Trinajstić information content (AvgIpc) is 2.51. The summed E-state index contributed by atoms with van der Waals surface area (Å²) < 4.78 is 4.92. The monoisotopic (exact) mass is 279 g/mol. The summed E-state index contributed by atoms with van der Waals surface area (Å²) in [6.07, 6.45) is 1.68. The lowest BCUT2D eigenvalue weighted by molar-refractivity contribution is -0.148. The molecule has 0 amide bonds. The smallest absolute Gasteiger partial charge is 0.332 e. The fourth-order valence-electron chi connectivity index (χ4n) is 2.13. The number of hydrogen-bond acceptors (Lipinski definition) is 5. The predicted octanol–water partition coefficient (Wildman–Crippen LogP) is 1.40. The van der Waals surface area contributed by atoms with Crippen molar-refractivity contribution in [1.29, 1.82) is 0 Å². The molecule has 1 atom stereocenters. The fraction of sp³-hybridized carbons (Fsp3) is 0.600. The molecule has 1 heterocycles. The average molecular weight is 279 g/mol. The van der Waals surface area contributed by atoms with Crippen molar-refractivity contribution in [3.05, 3.63) is 30.1 Å². The van der Waals surface area contributed by atoms with Crippen LogP contribution in [0.1, 0.15) is 26.5 Å². The molecular weight excluding hydrogens is 254 g/mol. The number of rotatable bonds is 8. The molecule has 0 fully saturated rings. The number of nitrogens with zero attached hydrogens (tertiary/aromatic N) is 2. The van der Waals surface area contributed by atoms with E-state index in [1.165, 1.54) is 7.11 Å². The van der Waals surface area contributed by atoms with Crippen molar-refractivity contribution in [2.24, 2.45) is 0 Å². The third kappa shape index (κ3) is 4.02. The minimum absolute atomic E-state index is 0.323. The van der Waals surface area contributed by atoms with Crippen molar-refractivity contribution in [1.82, 2.24) is 15.2 Å². The predicted molar refractivity (Wildman–Crippen MR) is 79.4 cm³/mol. The zero-order valence-electron chi connectivity index (χ0n) is 12.8. The first-order chi connectivity index (χ1) is 9.58. The molecule has 5 nitrogen and oxygen atoms in total. The van der Waals surface area contributed by atoms with E-state index in [4.69, 9.17) is 4.74 Å². The lowest BCUT2D eigenvalue weighted by atomic mass is 9.97. The molecule has 0 aromatic carbocycles. The molecule has 1 aromatic rings. The third-order valence-corrected chi connectivity index (χ3v) is 3.57. The molecular formula is C15H25N3O2. The van der Waals surface area contributed by atoms with Crippen LogP contribution in [0, 0.1) is 0 Å². The van der Waals surface area contributed by atoms with Crippen LogP contribution >= 0.6 is 0 Å². The van der Waals surface area contributed by atoms with Crippen LogP contribution in [0.4, 0.5) is 0 Å². The highest BCUT2D eigenvalue weighted by Gasteiger charge is 2.37.